The van der Waals surface area contributed by atoms with Crippen LogP contribution in [0.5, 0.6) is 5.88 Å². The first kappa shape index (κ1) is 23.1. The van der Waals surface area contributed by atoms with Gasteiger partial charge >= 0.3 is 0 Å². The summed E-state index contributed by atoms with van der Waals surface area (Å²) in [5, 5.41) is 6.88. The van der Waals surface area contributed by atoms with Crippen LogP contribution in [0.4, 0.5) is 0 Å². The lowest BCUT2D eigenvalue weighted by Crippen LogP contribution is -2.47. The van der Waals surface area contributed by atoms with Crippen LogP contribution < -0.4 is 15.4 Å². The highest BCUT2D eigenvalue weighted by Crippen LogP contribution is 2.33. The molecule has 2 aromatic rings. The average molecular weight is 425 g/mol. The van der Waals surface area contributed by atoms with Crippen molar-refractivity contribution >= 4 is 5.96 Å². The number of nitrogens with zero attached hydrogens (tertiary/aromatic N) is 2. The summed E-state index contributed by atoms with van der Waals surface area (Å²) in [6, 6.07) is 14.1. The van der Waals surface area contributed by atoms with Crippen LogP contribution in [0, 0.1) is 11.3 Å². The Hall–Kier alpha value is -2.60. The first-order valence-electron chi connectivity index (χ1n) is 11.1. The first-order chi connectivity index (χ1) is 15.0. The van der Waals surface area contributed by atoms with E-state index in [0.717, 1.165) is 36.7 Å². The number of pyridine rings is 1. The highest BCUT2D eigenvalue weighted by Gasteiger charge is 2.35. The van der Waals surface area contributed by atoms with Gasteiger partial charge in [0.2, 0.25) is 5.88 Å². The second kappa shape index (κ2) is 11.1. The molecule has 31 heavy (non-hydrogen) atoms. The SMILES string of the molecule is CN=C(NCc1cccnc1OCc1ccccc1)NCC1CCCOC1C(C)(C)C. The molecule has 0 saturated carbocycles. The van der Waals surface area contributed by atoms with Gasteiger partial charge in [0.05, 0.1) is 6.10 Å². The van der Waals surface area contributed by atoms with Crippen LogP contribution in [0.3, 0.4) is 0 Å². The van der Waals surface area contributed by atoms with Gasteiger partial charge in [-0.25, -0.2) is 4.98 Å². The number of benzene rings is 1. The smallest absolute Gasteiger partial charge is 0.218 e. The minimum absolute atomic E-state index is 0.129. The Kier molecular flexibility index (Phi) is 8.29. The van der Waals surface area contributed by atoms with Crippen LogP contribution >= 0.6 is 0 Å². The summed E-state index contributed by atoms with van der Waals surface area (Å²) in [5.41, 5.74) is 2.24. The van der Waals surface area contributed by atoms with Crippen molar-refractivity contribution in [3.63, 3.8) is 0 Å². The van der Waals surface area contributed by atoms with E-state index in [1.807, 2.05) is 42.5 Å². The zero-order valence-electron chi connectivity index (χ0n) is 19.2. The molecule has 1 saturated heterocycles. The van der Waals surface area contributed by atoms with Gasteiger partial charge in [0.1, 0.15) is 6.61 Å². The van der Waals surface area contributed by atoms with Gasteiger partial charge in [-0.05, 0) is 29.9 Å². The number of rotatable bonds is 7. The fourth-order valence-electron chi connectivity index (χ4n) is 4.05. The summed E-state index contributed by atoms with van der Waals surface area (Å²) in [4.78, 5) is 8.81. The van der Waals surface area contributed by atoms with E-state index in [2.05, 4.69) is 41.4 Å². The van der Waals surface area contributed by atoms with E-state index in [1.54, 1.807) is 13.2 Å². The molecule has 0 bridgehead atoms. The normalized spacial score (nSPS) is 19.7. The van der Waals surface area contributed by atoms with Gasteiger partial charge in [-0.3, -0.25) is 4.99 Å². The van der Waals surface area contributed by atoms with E-state index in [0.29, 0.717) is 24.9 Å². The predicted octanol–water partition coefficient (Wildman–Crippen LogP) is 4.17. The standard InChI is InChI=1S/C25H36N4O2/c1-25(2,3)22-20(13-9-15-30-22)16-28-24(26-4)29-17-21-12-8-14-27-23(21)31-18-19-10-6-5-7-11-19/h5-8,10-12,14,20,22H,9,13,15-18H2,1-4H3,(H2,26,28,29). The maximum atomic E-state index is 6.10. The van der Waals surface area contributed by atoms with Crippen molar-refractivity contribution in [2.24, 2.45) is 16.3 Å². The molecule has 0 spiro atoms. The van der Waals surface area contributed by atoms with E-state index in [1.165, 1.54) is 6.42 Å². The number of hydrogen-bond acceptors (Lipinski definition) is 4. The van der Waals surface area contributed by atoms with Crippen LogP contribution in [-0.2, 0) is 17.9 Å². The molecule has 1 aliphatic rings. The molecule has 6 nitrogen and oxygen atoms in total. The second-order valence-corrected chi connectivity index (χ2v) is 9.11. The molecule has 3 rings (SSSR count). The zero-order valence-corrected chi connectivity index (χ0v) is 19.2. The topological polar surface area (TPSA) is 67.8 Å². The molecule has 2 N–H and O–H groups in total. The van der Waals surface area contributed by atoms with Gasteiger partial charge in [-0.15, -0.1) is 0 Å². The molecule has 0 amide bonds. The van der Waals surface area contributed by atoms with Gasteiger partial charge in [0.15, 0.2) is 5.96 Å². The monoisotopic (exact) mass is 424 g/mol. The number of guanidine groups is 1. The van der Waals surface area contributed by atoms with Crippen LogP contribution in [0.1, 0.15) is 44.7 Å². The molecule has 0 radical (unpaired) electrons. The number of aliphatic imine (C=N–C) groups is 1. The Morgan fingerprint density at radius 3 is 2.71 bits per heavy atom. The summed E-state index contributed by atoms with van der Waals surface area (Å²) in [7, 11) is 1.80. The second-order valence-electron chi connectivity index (χ2n) is 9.11. The highest BCUT2D eigenvalue weighted by atomic mass is 16.5. The van der Waals surface area contributed by atoms with Gasteiger partial charge < -0.3 is 20.1 Å². The van der Waals surface area contributed by atoms with Gasteiger partial charge in [0.25, 0.3) is 0 Å². The van der Waals surface area contributed by atoms with Crippen molar-refractivity contribution in [2.75, 3.05) is 20.2 Å². The van der Waals surface area contributed by atoms with Gasteiger partial charge in [-0.2, -0.15) is 0 Å². The van der Waals surface area contributed by atoms with E-state index in [4.69, 9.17) is 9.47 Å². The minimum Gasteiger partial charge on any atom is -0.473 e. The van der Waals surface area contributed by atoms with Crippen molar-refractivity contribution in [2.45, 2.75) is 52.9 Å². The number of nitrogens with one attached hydrogen (secondary N) is 2. The third kappa shape index (κ3) is 6.96. The number of aromatic nitrogens is 1. The molecular formula is C25H36N4O2. The fraction of sp³-hybridized carbons (Fsp3) is 0.520. The summed E-state index contributed by atoms with van der Waals surface area (Å²) < 4.78 is 12.1. The van der Waals surface area contributed by atoms with Gasteiger partial charge in [-0.1, -0.05) is 57.2 Å². The molecule has 6 heteroatoms. The summed E-state index contributed by atoms with van der Waals surface area (Å²) in [6.07, 6.45) is 4.30. The molecule has 2 atom stereocenters. The Morgan fingerprint density at radius 1 is 1.16 bits per heavy atom. The Bertz CT molecular complexity index is 833. The van der Waals surface area contributed by atoms with E-state index in [9.17, 15) is 0 Å². The largest absolute Gasteiger partial charge is 0.473 e. The zero-order chi connectivity index (χ0) is 22.1. The highest BCUT2D eigenvalue weighted by molar-refractivity contribution is 5.79. The Labute approximate surface area is 186 Å². The lowest BCUT2D eigenvalue weighted by molar-refractivity contribution is -0.0835. The molecular weight excluding hydrogens is 388 g/mol. The maximum Gasteiger partial charge on any atom is 0.218 e. The van der Waals surface area contributed by atoms with Crippen molar-refractivity contribution < 1.29 is 9.47 Å². The molecule has 168 valence electrons. The average Bonchev–Trinajstić information content (AvgIpc) is 2.78. The fourth-order valence-corrected chi connectivity index (χ4v) is 4.05. The van der Waals surface area contributed by atoms with E-state index >= 15 is 0 Å². The van der Waals surface area contributed by atoms with Crippen molar-refractivity contribution in [3.05, 3.63) is 59.8 Å². The van der Waals surface area contributed by atoms with Crippen molar-refractivity contribution in [3.8, 4) is 5.88 Å². The lowest BCUT2D eigenvalue weighted by atomic mass is 9.78. The molecule has 2 heterocycles. The van der Waals surface area contributed by atoms with E-state index < -0.39 is 0 Å². The van der Waals surface area contributed by atoms with E-state index in [-0.39, 0.29) is 11.5 Å². The Morgan fingerprint density at radius 2 is 1.97 bits per heavy atom. The Balaban J connectivity index is 1.54. The molecule has 0 aliphatic carbocycles. The summed E-state index contributed by atoms with van der Waals surface area (Å²) >= 11 is 0. The third-order valence-corrected chi connectivity index (χ3v) is 5.57. The quantitative estimate of drug-likeness (QED) is 0.516. The van der Waals surface area contributed by atoms with Crippen LogP contribution in [0.2, 0.25) is 0 Å². The third-order valence-electron chi connectivity index (χ3n) is 5.57. The number of hydrogen-bond donors (Lipinski definition) is 2. The predicted molar refractivity (Wildman–Crippen MR) is 125 cm³/mol. The first-order valence-corrected chi connectivity index (χ1v) is 11.1. The molecule has 1 aliphatic heterocycles. The van der Waals surface area contributed by atoms with Crippen molar-refractivity contribution in [1.29, 1.82) is 0 Å². The molecule has 1 fully saturated rings. The van der Waals surface area contributed by atoms with Gasteiger partial charge in [0, 0.05) is 44.4 Å². The summed E-state index contributed by atoms with van der Waals surface area (Å²) in [5.74, 6) is 1.88. The van der Waals surface area contributed by atoms with Crippen LogP contribution in [0.15, 0.2) is 53.7 Å². The molecule has 2 unspecified atom stereocenters. The molecule has 1 aromatic carbocycles. The maximum absolute atomic E-state index is 6.10. The minimum atomic E-state index is 0.129. The van der Waals surface area contributed by atoms with Crippen molar-refractivity contribution in [1.82, 2.24) is 15.6 Å². The lowest BCUT2D eigenvalue weighted by Gasteiger charge is -2.40. The number of ether oxygens (including phenoxy) is 2. The van der Waals surface area contributed by atoms with Crippen LogP contribution in [-0.4, -0.2) is 37.2 Å². The molecule has 1 aromatic heterocycles. The van der Waals surface area contributed by atoms with Crippen LogP contribution in [0.25, 0.3) is 0 Å². The summed E-state index contributed by atoms with van der Waals surface area (Å²) in [6.45, 7) is 9.53.